The van der Waals surface area contributed by atoms with Crippen LogP contribution in [0.5, 0.6) is 0 Å². The highest BCUT2D eigenvalue weighted by Gasteiger charge is 2.12. The Hall–Kier alpha value is -1.43. The van der Waals surface area contributed by atoms with E-state index in [2.05, 4.69) is 4.98 Å². The normalized spacial score (nSPS) is 12.1. The van der Waals surface area contributed by atoms with Crippen molar-refractivity contribution in [2.75, 3.05) is 0 Å². The zero-order chi connectivity index (χ0) is 10.2. The zero-order valence-electron chi connectivity index (χ0n) is 7.09. The fourth-order valence-corrected chi connectivity index (χ4v) is 1.84. The van der Waals surface area contributed by atoms with Crippen LogP contribution in [0.4, 0.5) is 3.89 Å². The molecule has 0 saturated carbocycles. The third-order valence-corrected chi connectivity index (χ3v) is 2.45. The van der Waals surface area contributed by atoms with Gasteiger partial charge in [-0.3, -0.25) is 0 Å². The first-order valence-electron chi connectivity index (χ1n) is 3.89. The summed E-state index contributed by atoms with van der Waals surface area (Å²) in [6.07, 6.45) is 3.00. The number of aromatic nitrogens is 2. The summed E-state index contributed by atoms with van der Waals surface area (Å²) in [5.74, 6) is -0.641. The van der Waals surface area contributed by atoms with Gasteiger partial charge in [0.1, 0.15) is 11.4 Å². The lowest BCUT2D eigenvalue weighted by Crippen LogP contribution is -1.99. The van der Waals surface area contributed by atoms with Crippen molar-refractivity contribution in [2.24, 2.45) is 0 Å². The van der Waals surface area contributed by atoms with Gasteiger partial charge in [0.2, 0.25) is 0 Å². The SMILES string of the molecule is O=S(=O)(F)Cc1cnc2ccccn12. The predicted molar refractivity (Wildman–Crippen MR) is 48.9 cm³/mol. The summed E-state index contributed by atoms with van der Waals surface area (Å²) >= 11 is 0. The molecule has 4 nitrogen and oxygen atoms in total. The molecule has 2 aromatic heterocycles. The monoisotopic (exact) mass is 214 g/mol. The van der Waals surface area contributed by atoms with Crippen LogP contribution in [0.25, 0.3) is 5.65 Å². The van der Waals surface area contributed by atoms with Gasteiger partial charge < -0.3 is 4.40 Å². The van der Waals surface area contributed by atoms with Crippen LogP contribution in [0.1, 0.15) is 5.69 Å². The van der Waals surface area contributed by atoms with E-state index in [-0.39, 0.29) is 0 Å². The number of halogens is 1. The van der Waals surface area contributed by atoms with E-state index in [1.807, 2.05) is 0 Å². The number of imidazole rings is 1. The molecule has 0 fully saturated rings. The molecule has 14 heavy (non-hydrogen) atoms. The van der Waals surface area contributed by atoms with Gasteiger partial charge in [-0.1, -0.05) is 6.07 Å². The minimum absolute atomic E-state index is 0.322. The van der Waals surface area contributed by atoms with E-state index >= 15 is 0 Å². The molecular formula is C8H7FN2O2S. The van der Waals surface area contributed by atoms with Crippen molar-refractivity contribution in [3.8, 4) is 0 Å². The van der Waals surface area contributed by atoms with Crippen LogP contribution in [-0.4, -0.2) is 17.8 Å². The van der Waals surface area contributed by atoms with E-state index in [0.29, 0.717) is 11.3 Å². The Labute approximate surface area is 80.2 Å². The van der Waals surface area contributed by atoms with Crippen LogP contribution in [0.15, 0.2) is 30.6 Å². The molecule has 74 valence electrons. The number of pyridine rings is 1. The lowest BCUT2D eigenvalue weighted by molar-refractivity contribution is 0.550. The molecule has 0 amide bonds. The Kier molecular flexibility index (Phi) is 1.99. The molecule has 0 aliphatic rings. The van der Waals surface area contributed by atoms with E-state index in [0.717, 1.165) is 0 Å². The summed E-state index contributed by atoms with van der Waals surface area (Å²) in [6.45, 7) is 0. The third-order valence-electron chi connectivity index (χ3n) is 1.81. The summed E-state index contributed by atoms with van der Waals surface area (Å²) < 4.78 is 34.8. The van der Waals surface area contributed by atoms with Crippen molar-refractivity contribution in [3.63, 3.8) is 0 Å². The summed E-state index contributed by atoms with van der Waals surface area (Å²) in [5.41, 5.74) is 0.925. The molecule has 0 bridgehead atoms. The van der Waals surface area contributed by atoms with Crippen LogP contribution >= 0.6 is 0 Å². The van der Waals surface area contributed by atoms with E-state index in [1.54, 1.807) is 24.4 Å². The summed E-state index contributed by atoms with van der Waals surface area (Å²) in [5, 5.41) is 0. The van der Waals surface area contributed by atoms with E-state index < -0.39 is 16.0 Å². The average Bonchev–Trinajstić information content (AvgIpc) is 2.47. The first-order chi connectivity index (χ1) is 6.56. The fourth-order valence-electron chi connectivity index (χ4n) is 1.27. The molecule has 0 aromatic carbocycles. The molecule has 0 N–H and O–H groups in total. The minimum Gasteiger partial charge on any atom is -0.303 e. The van der Waals surface area contributed by atoms with Gasteiger partial charge in [0, 0.05) is 6.20 Å². The second-order valence-electron chi connectivity index (χ2n) is 2.86. The average molecular weight is 214 g/mol. The number of nitrogens with zero attached hydrogens (tertiary/aromatic N) is 2. The Morgan fingerprint density at radius 1 is 1.43 bits per heavy atom. The molecule has 2 heterocycles. The van der Waals surface area contributed by atoms with Gasteiger partial charge in [-0.2, -0.15) is 8.42 Å². The minimum atomic E-state index is -4.50. The molecule has 0 aliphatic heterocycles. The van der Waals surface area contributed by atoms with Crippen LogP contribution in [0.3, 0.4) is 0 Å². The molecule has 0 saturated heterocycles. The largest absolute Gasteiger partial charge is 0.308 e. The van der Waals surface area contributed by atoms with Crippen LogP contribution in [-0.2, 0) is 16.0 Å². The van der Waals surface area contributed by atoms with Crippen molar-refractivity contribution in [1.29, 1.82) is 0 Å². The third kappa shape index (κ3) is 1.74. The summed E-state index contributed by atoms with van der Waals surface area (Å²) in [4.78, 5) is 3.93. The first kappa shape index (κ1) is 9.14. The first-order valence-corrected chi connectivity index (χ1v) is 5.45. The lowest BCUT2D eigenvalue weighted by Gasteiger charge is -1.96. The van der Waals surface area contributed by atoms with Crippen molar-refractivity contribution in [1.82, 2.24) is 9.38 Å². The Bertz CT molecular complexity index is 561. The molecule has 6 heteroatoms. The van der Waals surface area contributed by atoms with Crippen molar-refractivity contribution >= 4 is 15.9 Å². The quantitative estimate of drug-likeness (QED) is 0.704. The molecule has 0 radical (unpaired) electrons. The van der Waals surface area contributed by atoms with E-state index in [1.165, 1.54) is 10.6 Å². The number of hydrogen-bond acceptors (Lipinski definition) is 3. The van der Waals surface area contributed by atoms with Crippen molar-refractivity contribution in [2.45, 2.75) is 5.75 Å². The fraction of sp³-hybridized carbons (Fsp3) is 0.125. The van der Waals surface area contributed by atoms with Gasteiger partial charge >= 0.3 is 10.2 Å². The molecular weight excluding hydrogens is 207 g/mol. The molecule has 0 unspecified atom stereocenters. The maximum Gasteiger partial charge on any atom is 0.308 e. The van der Waals surface area contributed by atoms with E-state index in [4.69, 9.17) is 0 Å². The number of rotatable bonds is 2. The molecule has 2 aromatic rings. The topological polar surface area (TPSA) is 51.4 Å². The Morgan fingerprint density at radius 3 is 2.93 bits per heavy atom. The summed E-state index contributed by atoms with van der Waals surface area (Å²) in [6, 6.07) is 5.22. The smallest absolute Gasteiger partial charge is 0.303 e. The molecule has 0 aliphatic carbocycles. The maximum atomic E-state index is 12.4. The summed E-state index contributed by atoms with van der Waals surface area (Å²) in [7, 11) is -4.50. The van der Waals surface area contributed by atoms with Gasteiger partial charge in [-0.05, 0) is 12.1 Å². The van der Waals surface area contributed by atoms with Crippen LogP contribution in [0.2, 0.25) is 0 Å². The van der Waals surface area contributed by atoms with Gasteiger partial charge in [-0.25, -0.2) is 4.98 Å². The highest BCUT2D eigenvalue weighted by atomic mass is 32.3. The van der Waals surface area contributed by atoms with Crippen molar-refractivity contribution < 1.29 is 12.3 Å². The molecule has 0 atom stereocenters. The van der Waals surface area contributed by atoms with Gasteiger partial charge in [-0.15, -0.1) is 3.89 Å². The van der Waals surface area contributed by atoms with Crippen molar-refractivity contribution in [3.05, 3.63) is 36.3 Å². The highest BCUT2D eigenvalue weighted by Crippen LogP contribution is 2.10. The van der Waals surface area contributed by atoms with Crippen LogP contribution in [0, 0.1) is 0 Å². The molecule has 2 rings (SSSR count). The van der Waals surface area contributed by atoms with E-state index in [9.17, 15) is 12.3 Å². The van der Waals surface area contributed by atoms with Gasteiger partial charge in [0.05, 0.1) is 11.9 Å². The number of fused-ring (bicyclic) bond motifs is 1. The highest BCUT2D eigenvalue weighted by molar-refractivity contribution is 7.85. The van der Waals surface area contributed by atoms with Gasteiger partial charge in [0.15, 0.2) is 0 Å². The number of hydrogen-bond donors (Lipinski definition) is 0. The zero-order valence-corrected chi connectivity index (χ0v) is 7.91. The Balaban J connectivity index is 2.54. The lowest BCUT2D eigenvalue weighted by atomic mass is 10.4. The van der Waals surface area contributed by atoms with Gasteiger partial charge in [0.25, 0.3) is 0 Å². The standard InChI is InChI=1S/C8H7FN2O2S/c9-14(12,13)6-7-5-10-8-3-1-2-4-11(7)8/h1-5H,6H2. The van der Waals surface area contributed by atoms with Crippen LogP contribution < -0.4 is 0 Å². The molecule has 0 spiro atoms. The maximum absolute atomic E-state index is 12.4. The second kappa shape index (κ2) is 3.06. The predicted octanol–water partition coefficient (Wildman–Crippen LogP) is 1.13. The second-order valence-corrected chi connectivity index (χ2v) is 4.23. The Morgan fingerprint density at radius 2 is 2.21 bits per heavy atom.